The van der Waals surface area contributed by atoms with Gasteiger partial charge in [0.15, 0.2) is 5.76 Å². The van der Waals surface area contributed by atoms with E-state index >= 15 is 0 Å². The molecule has 2 rings (SSSR count). The Kier molecular flexibility index (Phi) is 2.13. The maximum absolute atomic E-state index is 5.19. The molecule has 1 aromatic heterocycles. The third-order valence-corrected chi connectivity index (χ3v) is 2.30. The van der Waals surface area contributed by atoms with E-state index in [-0.39, 0.29) is 0 Å². The van der Waals surface area contributed by atoms with E-state index in [1.54, 1.807) is 0 Å². The second-order valence-corrected chi connectivity index (χ2v) is 3.37. The Morgan fingerprint density at radius 3 is 3.08 bits per heavy atom. The zero-order valence-electron chi connectivity index (χ0n) is 7.34. The summed E-state index contributed by atoms with van der Waals surface area (Å²) >= 11 is 0. The van der Waals surface area contributed by atoms with Crippen molar-refractivity contribution in [3.8, 4) is 0 Å². The van der Waals surface area contributed by atoms with Crippen LogP contribution in [0.3, 0.4) is 0 Å². The summed E-state index contributed by atoms with van der Waals surface area (Å²) in [4.78, 5) is 0. The van der Waals surface area contributed by atoms with Gasteiger partial charge in [-0.2, -0.15) is 0 Å². The molecule has 1 aliphatic heterocycles. The minimum atomic E-state index is 0.403. The van der Waals surface area contributed by atoms with E-state index < -0.39 is 0 Å². The minimum absolute atomic E-state index is 0.403. The molecule has 0 saturated carbocycles. The molecule has 0 aromatic carbocycles. The van der Waals surface area contributed by atoms with Crippen molar-refractivity contribution in [1.82, 2.24) is 10.5 Å². The van der Waals surface area contributed by atoms with Gasteiger partial charge in [0, 0.05) is 6.07 Å². The molecule has 1 aliphatic rings. The van der Waals surface area contributed by atoms with Crippen molar-refractivity contribution in [2.24, 2.45) is 0 Å². The summed E-state index contributed by atoms with van der Waals surface area (Å²) in [6, 6.07) is 2.42. The smallest absolute Gasteiger partial charge is 0.153 e. The van der Waals surface area contributed by atoms with Crippen molar-refractivity contribution in [3.63, 3.8) is 0 Å². The summed E-state index contributed by atoms with van der Waals surface area (Å²) in [7, 11) is 0. The van der Waals surface area contributed by atoms with Crippen molar-refractivity contribution >= 4 is 0 Å². The molecule has 1 atom stereocenters. The molecule has 1 aromatic rings. The van der Waals surface area contributed by atoms with E-state index in [2.05, 4.69) is 10.5 Å². The molecule has 0 radical (unpaired) electrons. The van der Waals surface area contributed by atoms with Gasteiger partial charge in [0.05, 0.1) is 11.7 Å². The quantitative estimate of drug-likeness (QED) is 0.691. The third-order valence-electron chi connectivity index (χ3n) is 2.30. The Balaban J connectivity index is 2.08. The van der Waals surface area contributed by atoms with Crippen molar-refractivity contribution < 1.29 is 4.52 Å². The van der Waals surface area contributed by atoms with E-state index in [1.165, 1.54) is 19.3 Å². The predicted molar refractivity (Wildman–Crippen MR) is 45.8 cm³/mol. The van der Waals surface area contributed by atoms with Crippen LogP contribution in [0.15, 0.2) is 10.6 Å². The van der Waals surface area contributed by atoms with Gasteiger partial charge in [0.25, 0.3) is 0 Å². The summed E-state index contributed by atoms with van der Waals surface area (Å²) in [5.74, 6) is 0.993. The fourth-order valence-corrected chi connectivity index (χ4v) is 1.64. The fourth-order valence-electron chi connectivity index (χ4n) is 1.64. The van der Waals surface area contributed by atoms with Crippen LogP contribution in [0.4, 0.5) is 0 Å². The van der Waals surface area contributed by atoms with Crippen LogP contribution in [0.25, 0.3) is 0 Å². The van der Waals surface area contributed by atoms with Crippen molar-refractivity contribution in [2.45, 2.75) is 32.2 Å². The highest BCUT2D eigenvalue weighted by molar-refractivity contribution is 5.08. The van der Waals surface area contributed by atoms with Crippen LogP contribution >= 0.6 is 0 Å². The average molecular weight is 166 g/mol. The van der Waals surface area contributed by atoms with E-state index in [9.17, 15) is 0 Å². The molecule has 1 N–H and O–H groups in total. The monoisotopic (exact) mass is 166 g/mol. The molecular weight excluding hydrogens is 152 g/mol. The van der Waals surface area contributed by atoms with E-state index in [4.69, 9.17) is 4.52 Å². The van der Waals surface area contributed by atoms with Crippen LogP contribution in [-0.2, 0) is 0 Å². The highest BCUT2D eigenvalue weighted by Crippen LogP contribution is 2.22. The summed E-state index contributed by atoms with van der Waals surface area (Å²) in [6.07, 6.45) is 3.75. The topological polar surface area (TPSA) is 38.1 Å². The van der Waals surface area contributed by atoms with Gasteiger partial charge in [-0.15, -0.1) is 0 Å². The molecule has 0 spiro atoms. The van der Waals surface area contributed by atoms with Crippen LogP contribution in [0.5, 0.6) is 0 Å². The van der Waals surface area contributed by atoms with Gasteiger partial charge < -0.3 is 9.84 Å². The van der Waals surface area contributed by atoms with Gasteiger partial charge in [-0.3, -0.25) is 0 Å². The number of nitrogens with one attached hydrogen (secondary N) is 1. The van der Waals surface area contributed by atoms with Gasteiger partial charge in [-0.25, -0.2) is 0 Å². The molecular formula is C9H14N2O. The number of aryl methyl sites for hydroxylation is 1. The largest absolute Gasteiger partial charge is 0.359 e. The molecule has 0 unspecified atom stereocenters. The zero-order valence-corrected chi connectivity index (χ0v) is 7.34. The molecule has 0 amide bonds. The average Bonchev–Trinajstić information content (AvgIpc) is 2.54. The summed E-state index contributed by atoms with van der Waals surface area (Å²) in [6.45, 7) is 3.06. The van der Waals surface area contributed by atoms with Crippen LogP contribution in [0.1, 0.15) is 36.8 Å². The molecule has 3 nitrogen and oxygen atoms in total. The lowest BCUT2D eigenvalue weighted by Crippen LogP contribution is -2.26. The van der Waals surface area contributed by atoms with Crippen LogP contribution in [0.2, 0.25) is 0 Å². The molecule has 2 heterocycles. The van der Waals surface area contributed by atoms with Gasteiger partial charge in [0.1, 0.15) is 0 Å². The molecule has 1 saturated heterocycles. The Morgan fingerprint density at radius 2 is 2.50 bits per heavy atom. The van der Waals surface area contributed by atoms with Crippen molar-refractivity contribution in [3.05, 3.63) is 17.5 Å². The van der Waals surface area contributed by atoms with Crippen LogP contribution < -0.4 is 5.32 Å². The molecule has 0 aliphatic carbocycles. The Morgan fingerprint density at radius 1 is 1.58 bits per heavy atom. The molecule has 3 heteroatoms. The van der Waals surface area contributed by atoms with Crippen LogP contribution in [0, 0.1) is 6.92 Å². The highest BCUT2D eigenvalue weighted by atomic mass is 16.5. The molecule has 1 fully saturated rings. The Labute approximate surface area is 72.1 Å². The van der Waals surface area contributed by atoms with Gasteiger partial charge in [0.2, 0.25) is 0 Å². The maximum atomic E-state index is 5.19. The first-order valence-electron chi connectivity index (χ1n) is 4.53. The standard InChI is InChI=1S/C9H14N2O/c1-7-6-9(12-11-7)8-4-2-3-5-10-8/h6,8,10H,2-5H2,1H3/t8-/m0/s1. The molecule has 0 bridgehead atoms. The third kappa shape index (κ3) is 1.50. The number of hydrogen-bond donors (Lipinski definition) is 1. The fraction of sp³-hybridized carbons (Fsp3) is 0.667. The summed E-state index contributed by atoms with van der Waals surface area (Å²) < 4.78 is 5.19. The minimum Gasteiger partial charge on any atom is -0.359 e. The second-order valence-electron chi connectivity index (χ2n) is 3.37. The van der Waals surface area contributed by atoms with E-state index in [0.717, 1.165) is 18.0 Å². The number of hydrogen-bond acceptors (Lipinski definition) is 3. The summed E-state index contributed by atoms with van der Waals surface area (Å²) in [5, 5.41) is 7.29. The van der Waals surface area contributed by atoms with Gasteiger partial charge in [-0.1, -0.05) is 11.6 Å². The van der Waals surface area contributed by atoms with Crippen molar-refractivity contribution in [2.75, 3.05) is 6.54 Å². The first-order chi connectivity index (χ1) is 5.86. The first-order valence-corrected chi connectivity index (χ1v) is 4.53. The number of piperidine rings is 1. The maximum Gasteiger partial charge on any atom is 0.153 e. The van der Waals surface area contributed by atoms with Gasteiger partial charge in [-0.05, 0) is 26.3 Å². The number of aromatic nitrogens is 1. The van der Waals surface area contributed by atoms with Crippen molar-refractivity contribution in [1.29, 1.82) is 0 Å². The lowest BCUT2D eigenvalue weighted by Gasteiger charge is -2.20. The Bertz CT molecular complexity index is 251. The second kappa shape index (κ2) is 3.27. The lowest BCUT2D eigenvalue weighted by molar-refractivity contribution is 0.303. The van der Waals surface area contributed by atoms with Crippen LogP contribution in [-0.4, -0.2) is 11.7 Å². The normalized spacial score (nSPS) is 24.2. The van der Waals surface area contributed by atoms with Gasteiger partial charge >= 0.3 is 0 Å². The molecule has 12 heavy (non-hydrogen) atoms. The zero-order chi connectivity index (χ0) is 8.39. The first kappa shape index (κ1) is 7.80. The Hall–Kier alpha value is -0.830. The number of rotatable bonds is 1. The lowest BCUT2D eigenvalue weighted by atomic mass is 10.0. The van der Waals surface area contributed by atoms with E-state index in [0.29, 0.717) is 6.04 Å². The highest BCUT2D eigenvalue weighted by Gasteiger charge is 2.17. The SMILES string of the molecule is Cc1cc([C@@H]2CCCCN2)on1. The number of nitrogens with zero attached hydrogens (tertiary/aromatic N) is 1. The predicted octanol–water partition coefficient (Wildman–Crippen LogP) is 1.80. The molecule has 66 valence electrons. The van der Waals surface area contributed by atoms with E-state index in [1.807, 2.05) is 13.0 Å². The summed E-state index contributed by atoms with van der Waals surface area (Å²) in [5.41, 5.74) is 0.970.